The number of alkyl halides is 3. The Labute approximate surface area is 196 Å². The summed E-state index contributed by atoms with van der Waals surface area (Å²) in [5.41, 5.74) is 0.272. The lowest BCUT2D eigenvalue weighted by atomic mass is 10.1. The van der Waals surface area contributed by atoms with Crippen LogP contribution < -0.4 is 0 Å². The molecular formula is C26H25F3N2O3. The average Bonchev–Trinajstić information content (AvgIpc) is 3.34. The lowest BCUT2D eigenvalue weighted by molar-refractivity contribution is -0.137. The summed E-state index contributed by atoms with van der Waals surface area (Å²) in [7, 11) is 0. The maximum absolute atomic E-state index is 13.2. The van der Waals surface area contributed by atoms with Crippen LogP contribution in [0.25, 0.3) is 0 Å². The minimum Gasteiger partial charge on any atom is -0.467 e. The molecule has 1 heterocycles. The first-order valence-corrected chi connectivity index (χ1v) is 10.7. The van der Waals surface area contributed by atoms with Crippen molar-refractivity contribution in [1.82, 2.24) is 9.80 Å². The Morgan fingerprint density at radius 2 is 1.65 bits per heavy atom. The van der Waals surface area contributed by atoms with E-state index in [-0.39, 0.29) is 31.1 Å². The van der Waals surface area contributed by atoms with Crippen LogP contribution in [0.15, 0.2) is 90.1 Å². The first-order valence-electron chi connectivity index (χ1n) is 10.7. The Kier molecular flexibility index (Phi) is 8.29. The van der Waals surface area contributed by atoms with Crippen LogP contribution in [-0.2, 0) is 23.9 Å². The fraction of sp³-hybridized carbons (Fsp3) is 0.231. The van der Waals surface area contributed by atoms with Gasteiger partial charge in [-0.15, -0.1) is 6.58 Å². The van der Waals surface area contributed by atoms with Gasteiger partial charge in [0.1, 0.15) is 12.3 Å². The van der Waals surface area contributed by atoms with Crippen molar-refractivity contribution in [3.8, 4) is 0 Å². The van der Waals surface area contributed by atoms with Crippen molar-refractivity contribution in [2.45, 2.75) is 19.1 Å². The first-order chi connectivity index (χ1) is 16.3. The normalized spacial score (nSPS) is 11.1. The maximum Gasteiger partial charge on any atom is 0.416 e. The van der Waals surface area contributed by atoms with Crippen molar-refractivity contribution in [3.05, 3.63) is 108 Å². The number of hydrogen-bond acceptors (Lipinski definition) is 3. The van der Waals surface area contributed by atoms with Crippen LogP contribution in [0.2, 0.25) is 0 Å². The van der Waals surface area contributed by atoms with Gasteiger partial charge in [0.05, 0.1) is 18.4 Å². The number of carbonyl (C=O) groups is 2. The van der Waals surface area contributed by atoms with E-state index in [0.717, 1.165) is 29.8 Å². The molecule has 0 fully saturated rings. The number of rotatable bonds is 10. The number of benzene rings is 2. The van der Waals surface area contributed by atoms with Crippen molar-refractivity contribution in [2.75, 3.05) is 19.6 Å². The van der Waals surface area contributed by atoms with Crippen LogP contribution in [0.3, 0.4) is 0 Å². The fourth-order valence-corrected chi connectivity index (χ4v) is 3.41. The fourth-order valence-electron chi connectivity index (χ4n) is 3.41. The number of nitrogens with zero attached hydrogens (tertiary/aromatic N) is 2. The van der Waals surface area contributed by atoms with Crippen LogP contribution in [0.5, 0.6) is 0 Å². The molecule has 0 bridgehead atoms. The second-order valence-electron chi connectivity index (χ2n) is 7.68. The molecule has 0 saturated heterocycles. The largest absolute Gasteiger partial charge is 0.467 e. The average molecular weight is 470 g/mol. The van der Waals surface area contributed by atoms with Gasteiger partial charge in [-0.05, 0) is 48.4 Å². The van der Waals surface area contributed by atoms with Gasteiger partial charge in [0.25, 0.3) is 5.91 Å². The molecule has 0 spiro atoms. The number of carbonyl (C=O) groups excluding carboxylic acids is 2. The zero-order valence-electron chi connectivity index (χ0n) is 18.5. The molecule has 2 amide bonds. The summed E-state index contributed by atoms with van der Waals surface area (Å²) in [6.45, 7) is 4.08. The minimum atomic E-state index is -4.50. The van der Waals surface area contributed by atoms with Crippen molar-refractivity contribution >= 4 is 11.8 Å². The molecular weight excluding hydrogens is 445 g/mol. The Morgan fingerprint density at radius 3 is 2.24 bits per heavy atom. The van der Waals surface area contributed by atoms with Crippen LogP contribution in [-0.4, -0.2) is 41.2 Å². The Bertz CT molecular complexity index is 1080. The van der Waals surface area contributed by atoms with Gasteiger partial charge in [0, 0.05) is 18.7 Å². The van der Waals surface area contributed by atoms with Crippen molar-refractivity contribution in [1.29, 1.82) is 0 Å². The predicted octanol–water partition coefficient (Wildman–Crippen LogP) is 5.20. The van der Waals surface area contributed by atoms with Crippen LogP contribution in [0.4, 0.5) is 13.2 Å². The van der Waals surface area contributed by atoms with Gasteiger partial charge >= 0.3 is 6.18 Å². The number of halogens is 3. The Hall–Kier alpha value is -3.81. The third-order valence-electron chi connectivity index (χ3n) is 5.21. The number of hydrogen-bond donors (Lipinski definition) is 0. The van der Waals surface area contributed by atoms with Crippen molar-refractivity contribution in [2.24, 2.45) is 0 Å². The molecule has 0 radical (unpaired) electrons. The Balaban J connectivity index is 1.74. The van der Waals surface area contributed by atoms with Gasteiger partial charge in [-0.25, -0.2) is 0 Å². The van der Waals surface area contributed by atoms with E-state index < -0.39 is 17.6 Å². The summed E-state index contributed by atoms with van der Waals surface area (Å²) in [4.78, 5) is 29.0. The molecule has 1 aromatic heterocycles. The summed E-state index contributed by atoms with van der Waals surface area (Å²) in [5.74, 6) is -0.261. The van der Waals surface area contributed by atoms with Gasteiger partial charge in [-0.1, -0.05) is 36.4 Å². The molecule has 5 nitrogen and oxygen atoms in total. The van der Waals surface area contributed by atoms with E-state index in [1.165, 1.54) is 17.2 Å². The molecule has 0 unspecified atom stereocenters. The van der Waals surface area contributed by atoms with E-state index in [0.29, 0.717) is 18.7 Å². The van der Waals surface area contributed by atoms with Gasteiger partial charge in [0.15, 0.2) is 0 Å². The van der Waals surface area contributed by atoms with Gasteiger partial charge < -0.3 is 14.2 Å². The second kappa shape index (κ2) is 11.4. The third kappa shape index (κ3) is 6.84. The second-order valence-corrected chi connectivity index (χ2v) is 7.68. The molecule has 3 aromatic rings. The highest BCUT2D eigenvalue weighted by Crippen LogP contribution is 2.29. The summed E-state index contributed by atoms with van der Waals surface area (Å²) in [6, 6.07) is 17.1. The Morgan fingerprint density at radius 1 is 0.941 bits per heavy atom. The van der Waals surface area contributed by atoms with Crippen LogP contribution in [0.1, 0.15) is 27.2 Å². The van der Waals surface area contributed by atoms with E-state index in [9.17, 15) is 22.8 Å². The van der Waals surface area contributed by atoms with E-state index in [2.05, 4.69) is 6.58 Å². The number of furan rings is 1. The molecule has 34 heavy (non-hydrogen) atoms. The molecule has 0 N–H and O–H groups in total. The first kappa shape index (κ1) is 24.8. The molecule has 0 aliphatic carbocycles. The lowest BCUT2D eigenvalue weighted by Gasteiger charge is -2.27. The molecule has 0 saturated carbocycles. The highest BCUT2D eigenvalue weighted by atomic mass is 19.4. The summed E-state index contributed by atoms with van der Waals surface area (Å²) in [5, 5.41) is 0. The zero-order chi connectivity index (χ0) is 24.6. The quantitative estimate of drug-likeness (QED) is 0.383. The predicted molar refractivity (Wildman–Crippen MR) is 122 cm³/mol. The van der Waals surface area contributed by atoms with E-state index >= 15 is 0 Å². The zero-order valence-corrected chi connectivity index (χ0v) is 18.5. The van der Waals surface area contributed by atoms with Gasteiger partial charge in [-0.2, -0.15) is 13.2 Å². The highest BCUT2D eigenvalue weighted by Gasteiger charge is 2.30. The van der Waals surface area contributed by atoms with E-state index in [1.807, 2.05) is 30.3 Å². The molecule has 0 aliphatic rings. The summed E-state index contributed by atoms with van der Waals surface area (Å²) in [6.07, 6.45) is -0.894. The van der Waals surface area contributed by atoms with Crippen molar-refractivity contribution < 1.29 is 27.2 Å². The standard InChI is InChI=1S/C26H25F3N2O3/c1-2-15-31(25(33)21-10-12-22(13-11-21)26(27,28)29)19-24(32)30(18-23-9-6-17-34-23)16-14-20-7-4-3-5-8-20/h2-13,17H,1,14-16,18-19H2. The van der Waals surface area contributed by atoms with E-state index in [4.69, 9.17) is 4.42 Å². The monoisotopic (exact) mass is 470 g/mol. The smallest absolute Gasteiger partial charge is 0.416 e. The minimum absolute atomic E-state index is 0.0597. The third-order valence-corrected chi connectivity index (χ3v) is 5.21. The lowest BCUT2D eigenvalue weighted by Crippen LogP contribution is -2.43. The molecule has 0 atom stereocenters. The SMILES string of the molecule is C=CCN(CC(=O)N(CCc1ccccc1)Cc1ccco1)C(=O)c1ccc(C(F)(F)F)cc1. The maximum atomic E-state index is 13.2. The van der Waals surface area contributed by atoms with Crippen LogP contribution in [0, 0.1) is 0 Å². The highest BCUT2D eigenvalue weighted by molar-refractivity contribution is 5.96. The van der Waals surface area contributed by atoms with Crippen molar-refractivity contribution in [3.63, 3.8) is 0 Å². The summed E-state index contributed by atoms with van der Waals surface area (Å²) < 4.78 is 43.9. The number of amides is 2. The van der Waals surface area contributed by atoms with E-state index in [1.54, 1.807) is 17.0 Å². The van der Waals surface area contributed by atoms with Crippen LogP contribution >= 0.6 is 0 Å². The summed E-state index contributed by atoms with van der Waals surface area (Å²) >= 11 is 0. The molecule has 178 valence electrons. The molecule has 0 aliphatic heterocycles. The van der Waals surface area contributed by atoms with Gasteiger partial charge in [0.2, 0.25) is 5.91 Å². The van der Waals surface area contributed by atoms with Gasteiger partial charge in [-0.3, -0.25) is 9.59 Å². The topological polar surface area (TPSA) is 53.8 Å². The molecule has 3 rings (SSSR count). The molecule has 8 heteroatoms. The molecule has 2 aromatic carbocycles.